The molecule has 7 nitrogen and oxygen atoms in total. The number of nitrogens with two attached hydrogens (primary N) is 1. The summed E-state index contributed by atoms with van der Waals surface area (Å²) in [5, 5.41) is 12.7. The van der Waals surface area contributed by atoms with Crippen molar-refractivity contribution in [2.45, 2.75) is 13.8 Å². The van der Waals surface area contributed by atoms with E-state index in [4.69, 9.17) is 5.73 Å². The fourth-order valence-corrected chi connectivity index (χ4v) is 2.01. The van der Waals surface area contributed by atoms with E-state index in [9.17, 15) is 9.59 Å². The predicted octanol–water partition coefficient (Wildman–Crippen LogP) is 0.647. The number of nitrogens with one attached hydrogen (secondary N) is 3. The van der Waals surface area contributed by atoms with Crippen LogP contribution in [0.25, 0.3) is 10.9 Å². The summed E-state index contributed by atoms with van der Waals surface area (Å²) in [6.07, 6.45) is 0. The Morgan fingerprint density at radius 1 is 1.38 bits per heavy atom. The third-order valence-electron chi connectivity index (χ3n) is 3.33. The Balaban J connectivity index is 2.16. The van der Waals surface area contributed by atoms with Crippen LogP contribution in [0.5, 0.6) is 0 Å². The van der Waals surface area contributed by atoms with Crippen molar-refractivity contribution in [3.05, 3.63) is 23.9 Å². The van der Waals surface area contributed by atoms with Crippen LogP contribution >= 0.6 is 0 Å². The fraction of sp³-hybridized carbons (Fsp3) is 0.357. The Morgan fingerprint density at radius 2 is 2.10 bits per heavy atom. The van der Waals surface area contributed by atoms with Gasteiger partial charge >= 0.3 is 0 Å². The minimum atomic E-state index is -0.699. The summed E-state index contributed by atoms with van der Waals surface area (Å²) in [4.78, 5) is 23.9. The van der Waals surface area contributed by atoms with E-state index in [0.717, 1.165) is 5.52 Å². The first-order valence-electron chi connectivity index (χ1n) is 6.59. The number of carbonyl (C=O) groups excluding carboxylic acids is 2. The Labute approximate surface area is 122 Å². The topological polar surface area (TPSA) is 113 Å². The number of amides is 2. The van der Waals surface area contributed by atoms with Gasteiger partial charge < -0.3 is 16.4 Å². The van der Waals surface area contributed by atoms with Crippen LogP contribution in [0.4, 0.5) is 5.69 Å². The average molecular weight is 289 g/mol. The molecule has 0 bridgehead atoms. The molecule has 21 heavy (non-hydrogen) atoms. The molecule has 2 aromatic rings. The molecule has 5 N–H and O–H groups in total. The van der Waals surface area contributed by atoms with E-state index >= 15 is 0 Å². The lowest BCUT2D eigenvalue weighted by Crippen LogP contribution is -2.43. The lowest BCUT2D eigenvalue weighted by molar-refractivity contribution is -0.128. The zero-order valence-corrected chi connectivity index (χ0v) is 12.3. The second-order valence-corrected chi connectivity index (χ2v) is 5.52. The standard InChI is InChI=1S/C14H19N5O2/c1-14(2,13(21)16-3)7-17-12(20)11-9-6-8(15)4-5-10(9)18-19-11/h4-6H,7,15H2,1-3H3,(H,16,21)(H,17,20)(H,18,19). The number of aromatic nitrogens is 2. The highest BCUT2D eigenvalue weighted by molar-refractivity contribution is 6.05. The summed E-state index contributed by atoms with van der Waals surface area (Å²) in [5.74, 6) is -0.484. The largest absolute Gasteiger partial charge is 0.399 e. The minimum absolute atomic E-state index is 0.140. The summed E-state index contributed by atoms with van der Waals surface area (Å²) >= 11 is 0. The molecule has 1 aromatic heterocycles. The Hall–Kier alpha value is -2.57. The zero-order chi connectivity index (χ0) is 15.6. The molecular formula is C14H19N5O2. The number of rotatable bonds is 4. The molecule has 0 saturated carbocycles. The molecule has 0 radical (unpaired) electrons. The van der Waals surface area contributed by atoms with Crippen molar-refractivity contribution in [1.82, 2.24) is 20.8 Å². The molecule has 112 valence electrons. The van der Waals surface area contributed by atoms with Gasteiger partial charge in [-0.2, -0.15) is 5.10 Å². The van der Waals surface area contributed by atoms with Gasteiger partial charge in [0.25, 0.3) is 5.91 Å². The number of fused-ring (bicyclic) bond motifs is 1. The van der Waals surface area contributed by atoms with Gasteiger partial charge in [-0.3, -0.25) is 14.7 Å². The second kappa shape index (κ2) is 5.43. The zero-order valence-electron chi connectivity index (χ0n) is 12.3. The maximum atomic E-state index is 12.2. The maximum Gasteiger partial charge on any atom is 0.272 e. The van der Waals surface area contributed by atoms with Crippen LogP contribution in [0.3, 0.4) is 0 Å². The highest BCUT2D eigenvalue weighted by atomic mass is 16.2. The highest BCUT2D eigenvalue weighted by Crippen LogP contribution is 2.19. The Bertz CT molecular complexity index is 690. The van der Waals surface area contributed by atoms with Gasteiger partial charge in [0.2, 0.25) is 5.91 Å². The van der Waals surface area contributed by atoms with Crippen molar-refractivity contribution in [3.8, 4) is 0 Å². The first-order valence-corrected chi connectivity index (χ1v) is 6.59. The number of anilines is 1. The fourth-order valence-electron chi connectivity index (χ4n) is 2.01. The smallest absolute Gasteiger partial charge is 0.272 e. The van der Waals surface area contributed by atoms with Gasteiger partial charge in [-0.1, -0.05) is 0 Å². The molecule has 0 spiro atoms. The number of hydrogen-bond acceptors (Lipinski definition) is 4. The van der Waals surface area contributed by atoms with Crippen LogP contribution in [0, 0.1) is 5.41 Å². The molecule has 0 aliphatic carbocycles. The number of H-pyrrole nitrogens is 1. The van der Waals surface area contributed by atoms with Crippen molar-refractivity contribution >= 4 is 28.4 Å². The molecular weight excluding hydrogens is 270 g/mol. The predicted molar refractivity (Wildman–Crippen MR) is 80.7 cm³/mol. The SMILES string of the molecule is CNC(=O)C(C)(C)CNC(=O)c1n[nH]c2ccc(N)cc12. The van der Waals surface area contributed by atoms with Gasteiger partial charge in [0.05, 0.1) is 10.9 Å². The van der Waals surface area contributed by atoms with E-state index in [1.165, 1.54) is 0 Å². The molecule has 0 aliphatic heterocycles. The maximum absolute atomic E-state index is 12.2. The van der Waals surface area contributed by atoms with Gasteiger partial charge in [0.1, 0.15) is 0 Å². The molecule has 0 aliphatic rings. The van der Waals surface area contributed by atoms with Crippen molar-refractivity contribution in [2.75, 3.05) is 19.3 Å². The normalized spacial score (nSPS) is 11.4. The van der Waals surface area contributed by atoms with Gasteiger partial charge in [-0.25, -0.2) is 0 Å². The number of carbonyl (C=O) groups is 2. The third kappa shape index (κ3) is 2.96. The monoisotopic (exact) mass is 289 g/mol. The summed E-state index contributed by atoms with van der Waals surface area (Å²) in [7, 11) is 1.57. The first kappa shape index (κ1) is 14.8. The quantitative estimate of drug-likeness (QED) is 0.619. The van der Waals surface area contributed by atoms with Crippen LogP contribution in [0.15, 0.2) is 18.2 Å². The first-order chi connectivity index (χ1) is 9.85. The minimum Gasteiger partial charge on any atom is -0.399 e. The number of nitrogen functional groups attached to an aromatic ring is 1. The van der Waals surface area contributed by atoms with E-state index in [2.05, 4.69) is 20.8 Å². The summed E-state index contributed by atoms with van der Waals surface area (Å²) < 4.78 is 0. The molecule has 0 unspecified atom stereocenters. The molecule has 2 amide bonds. The van der Waals surface area contributed by atoms with Crippen molar-refractivity contribution in [2.24, 2.45) is 5.41 Å². The number of hydrogen-bond donors (Lipinski definition) is 4. The summed E-state index contributed by atoms with van der Waals surface area (Å²) in [6, 6.07) is 5.19. The molecule has 0 atom stereocenters. The van der Waals surface area contributed by atoms with Crippen molar-refractivity contribution < 1.29 is 9.59 Å². The Morgan fingerprint density at radius 3 is 2.76 bits per heavy atom. The van der Waals surface area contributed by atoms with Crippen molar-refractivity contribution in [3.63, 3.8) is 0 Å². The molecule has 1 aromatic carbocycles. The molecule has 2 rings (SSSR count). The van der Waals surface area contributed by atoms with E-state index < -0.39 is 5.41 Å². The lowest BCUT2D eigenvalue weighted by Gasteiger charge is -2.22. The van der Waals surface area contributed by atoms with E-state index in [1.54, 1.807) is 39.1 Å². The number of nitrogens with zero attached hydrogens (tertiary/aromatic N) is 1. The Kier molecular flexibility index (Phi) is 3.84. The summed E-state index contributed by atoms with van der Waals surface area (Å²) in [5.41, 5.74) is 6.59. The second-order valence-electron chi connectivity index (χ2n) is 5.52. The number of aromatic amines is 1. The van der Waals surface area contributed by atoms with E-state index in [0.29, 0.717) is 11.1 Å². The van der Waals surface area contributed by atoms with Gasteiger partial charge in [-0.05, 0) is 32.0 Å². The average Bonchev–Trinajstić information content (AvgIpc) is 2.86. The van der Waals surface area contributed by atoms with Crippen LogP contribution in [-0.2, 0) is 4.79 Å². The van der Waals surface area contributed by atoms with E-state index in [1.807, 2.05) is 0 Å². The van der Waals surface area contributed by atoms with Crippen molar-refractivity contribution in [1.29, 1.82) is 0 Å². The van der Waals surface area contributed by atoms with Crippen LogP contribution in [-0.4, -0.2) is 35.6 Å². The van der Waals surface area contributed by atoms with Gasteiger partial charge in [0.15, 0.2) is 5.69 Å². The number of benzene rings is 1. The molecule has 0 saturated heterocycles. The molecule has 1 heterocycles. The summed E-state index contributed by atoms with van der Waals surface area (Å²) in [6.45, 7) is 3.72. The van der Waals surface area contributed by atoms with Gasteiger partial charge in [-0.15, -0.1) is 0 Å². The van der Waals surface area contributed by atoms with Crippen LogP contribution in [0.1, 0.15) is 24.3 Å². The van der Waals surface area contributed by atoms with Gasteiger partial charge in [0, 0.05) is 24.7 Å². The molecule has 0 fully saturated rings. The third-order valence-corrected chi connectivity index (χ3v) is 3.33. The molecule has 7 heteroatoms. The van der Waals surface area contributed by atoms with E-state index in [-0.39, 0.29) is 24.1 Å². The van der Waals surface area contributed by atoms with Crippen LogP contribution < -0.4 is 16.4 Å². The van der Waals surface area contributed by atoms with Crippen LogP contribution in [0.2, 0.25) is 0 Å². The highest BCUT2D eigenvalue weighted by Gasteiger charge is 2.27. The lowest BCUT2D eigenvalue weighted by atomic mass is 9.92.